The molecule has 3 N–H and O–H groups in total. The maximum absolute atomic E-state index is 8.41. The van der Waals surface area contributed by atoms with Crippen LogP contribution in [0, 0.1) is 6.92 Å². The summed E-state index contributed by atoms with van der Waals surface area (Å²) in [5, 5.41) is 11.8. The number of hydrogen-bond donors (Lipinski definition) is 2. The van der Waals surface area contributed by atoms with Crippen LogP contribution in [0.1, 0.15) is 11.1 Å². The topological polar surface area (TPSA) is 58.6 Å². The van der Waals surface area contributed by atoms with E-state index in [9.17, 15) is 0 Å². The summed E-state index contributed by atoms with van der Waals surface area (Å²) in [5.41, 5.74) is 6.84. The molecule has 0 amide bonds. The standard InChI is InChI=1S/C8H9ClN2O/c1-5-3-2-4-6(7(5)9)8(10)11-12/h2-4,12H,1H3,(H2,10,11). The van der Waals surface area contributed by atoms with E-state index in [-0.39, 0.29) is 5.84 Å². The van der Waals surface area contributed by atoms with Crippen LogP contribution in [0.5, 0.6) is 0 Å². The van der Waals surface area contributed by atoms with Gasteiger partial charge in [-0.05, 0) is 18.6 Å². The molecule has 12 heavy (non-hydrogen) atoms. The van der Waals surface area contributed by atoms with Gasteiger partial charge in [0.1, 0.15) is 0 Å². The average Bonchev–Trinajstić information content (AvgIpc) is 2.08. The summed E-state index contributed by atoms with van der Waals surface area (Å²) in [6.45, 7) is 1.86. The predicted octanol–water partition coefficient (Wildman–Crippen LogP) is 1.74. The van der Waals surface area contributed by atoms with Gasteiger partial charge in [0.15, 0.2) is 5.84 Å². The molecule has 0 atom stereocenters. The number of hydrogen-bond acceptors (Lipinski definition) is 2. The number of rotatable bonds is 1. The molecule has 0 bridgehead atoms. The molecule has 0 aliphatic rings. The molecule has 0 spiro atoms. The van der Waals surface area contributed by atoms with E-state index in [1.54, 1.807) is 12.1 Å². The van der Waals surface area contributed by atoms with Crippen LogP contribution in [0.2, 0.25) is 5.02 Å². The SMILES string of the molecule is Cc1cccc(C(N)=NO)c1Cl. The Morgan fingerprint density at radius 3 is 2.83 bits per heavy atom. The first-order chi connectivity index (χ1) is 5.66. The van der Waals surface area contributed by atoms with Gasteiger partial charge in [-0.1, -0.05) is 28.9 Å². The fourth-order valence-electron chi connectivity index (χ4n) is 0.899. The largest absolute Gasteiger partial charge is 0.409 e. The minimum Gasteiger partial charge on any atom is -0.409 e. The zero-order valence-corrected chi connectivity index (χ0v) is 7.34. The van der Waals surface area contributed by atoms with E-state index in [4.69, 9.17) is 22.5 Å². The van der Waals surface area contributed by atoms with Gasteiger partial charge in [0.05, 0.1) is 5.02 Å². The van der Waals surface area contributed by atoms with E-state index in [1.165, 1.54) is 0 Å². The summed E-state index contributed by atoms with van der Waals surface area (Å²) < 4.78 is 0. The van der Waals surface area contributed by atoms with E-state index in [2.05, 4.69) is 5.16 Å². The lowest BCUT2D eigenvalue weighted by atomic mass is 10.1. The highest BCUT2D eigenvalue weighted by atomic mass is 35.5. The van der Waals surface area contributed by atoms with E-state index >= 15 is 0 Å². The summed E-state index contributed by atoms with van der Waals surface area (Å²) in [5.74, 6) is 0.0312. The predicted molar refractivity (Wildman–Crippen MR) is 48.7 cm³/mol. The monoisotopic (exact) mass is 184 g/mol. The third-order valence-electron chi connectivity index (χ3n) is 1.58. The van der Waals surface area contributed by atoms with Crippen LogP contribution in [0.3, 0.4) is 0 Å². The Morgan fingerprint density at radius 2 is 2.25 bits per heavy atom. The van der Waals surface area contributed by atoms with Crippen molar-refractivity contribution in [1.82, 2.24) is 0 Å². The van der Waals surface area contributed by atoms with Gasteiger partial charge in [-0.25, -0.2) is 0 Å². The molecule has 0 unspecified atom stereocenters. The van der Waals surface area contributed by atoms with Crippen molar-refractivity contribution in [2.45, 2.75) is 6.92 Å². The summed E-state index contributed by atoms with van der Waals surface area (Å²) in [7, 11) is 0. The van der Waals surface area contributed by atoms with Gasteiger partial charge in [-0.15, -0.1) is 0 Å². The first-order valence-electron chi connectivity index (χ1n) is 3.40. The molecule has 0 aliphatic carbocycles. The zero-order chi connectivity index (χ0) is 9.14. The molecule has 0 saturated heterocycles. The normalized spacial score (nSPS) is 11.7. The smallest absolute Gasteiger partial charge is 0.171 e. The van der Waals surface area contributed by atoms with E-state index in [0.717, 1.165) is 5.56 Å². The zero-order valence-electron chi connectivity index (χ0n) is 6.58. The number of nitrogens with zero attached hydrogens (tertiary/aromatic N) is 1. The maximum Gasteiger partial charge on any atom is 0.171 e. The Morgan fingerprint density at radius 1 is 1.58 bits per heavy atom. The number of halogens is 1. The van der Waals surface area contributed by atoms with Gasteiger partial charge in [0, 0.05) is 5.56 Å². The Balaban J connectivity index is 3.26. The van der Waals surface area contributed by atoms with Crippen LogP contribution >= 0.6 is 11.6 Å². The Hall–Kier alpha value is -1.22. The second kappa shape index (κ2) is 3.45. The Bertz CT molecular complexity index is 323. The van der Waals surface area contributed by atoms with Gasteiger partial charge in [0.25, 0.3) is 0 Å². The molecule has 3 nitrogen and oxygen atoms in total. The number of aryl methyl sites for hydroxylation is 1. The van der Waals surface area contributed by atoms with E-state index in [1.807, 2.05) is 13.0 Å². The molecule has 1 aromatic carbocycles. The second-order valence-electron chi connectivity index (χ2n) is 2.42. The summed E-state index contributed by atoms with van der Waals surface area (Å²) in [6.07, 6.45) is 0. The molecule has 0 aliphatic heterocycles. The second-order valence-corrected chi connectivity index (χ2v) is 2.80. The fourth-order valence-corrected chi connectivity index (χ4v) is 1.12. The van der Waals surface area contributed by atoms with Gasteiger partial charge < -0.3 is 10.9 Å². The molecule has 0 fully saturated rings. The van der Waals surface area contributed by atoms with Crippen LogP contribution < -0.4 is 5.73 Å². The van der Waals surface area contributed by atoms with Gasteiger partial charge >= 0.3 is 0 Å². The van der Waals surface area contributed by atoms with E-state index < -0.39 is 0 Å². The van der Waals surface area contributed by atoms with Crippen molar-refractivity contribution in [3.05, 3.63) is 34.3 Å². The molecular formula is C8H9ClN2O. The van der Waals surface area contributed by atoms with Crippen molar-refractivity contribution in [3.63, 3.8) is 0 Å². The molecule has 1 aromatic rings. The lowest BCUT2D eigenvalue weighted by Crippen LogP contribution is -2.13. The summed E-state index contributed by atoms with van der Waals surface area (Å²) in [6, 6.07) is 5.36. The van der Waals surface area contributed by atoms with Gasteiger partial charge in [-0.3, -0.25) is 0 Å². The summed E-state index contributed by atoms with van der Waals surface area (Å²) in [4.78, 5) is 0. The quantitative estimate of drug-likeness (QED) is 0.302. The molecule has 0 heterocycles. The molecule has 64 valence electrons. The minimum atomic E-state index is 0.0312. The van der Waals surface area contributed by atoms with Crippen molar-refractivity contribution < 1.29 is 5.21 Å². The number of nitrogens with two attached hydrogens (primary N) is 1. The number of oxime groups is 1. The third kappa shape index (κ3) is 1.51. The van der Waals surface area contributed by atoms with Crippen LogP contribution in [0.15, 0.2) is 23.4 Å². The van der Waals surface area contributed by atoms with Crippen molar-refractivity contribution in [3.8, 4) is 0 Å². The lowest BCUT2D eigenvalue weighted by molar-refractivity contribution is 0.318. The van der Waals surface area contributed by atoms with Crippen LogP contribution in [0.25, 0.3) is 0 Å². The number of benzene rings is 1. The average molecular weight is 185 g/mol. The molecule has 4 heteroatoms. The maximum atomic E-state index is 8.41. The lowest BCUT2D eigenvalue weighted by Gasteiger charge is -2.03. The van der Waals surface area contributed by atoms with Gasteiger partial charge in [0.2, 0.25) is 0 Å². The highest BCUT2D eigenvalue weighted by molar-refractivity contribution is 6.34. The van der Waals surface area contributed by atoms with Crippen molar-refractivity contribution in [2.24, 2.45) is 10.9 Å². The highest BCUT2D eigenvalue weighted by Crippen LogP contribution is 2.19. The summed E-state index contributed by atoms with van der Waals surface area (Å²) >= 11 is 5.89. The Labute approximate surface area is 75.4 Å². The first kappa shape index (κ1) is 8.87. The molecule has 0 radical (unpaired) electrons. The molecular weight excluding hydrogens is 176 g/mol. The Kier molecular flexibility index (Phi) is 2.55. The number of amidine groups is 1. The third-order valence-corrected chi connectivity index (χ3v) is 2.08. The van der Waals surface area contributed by atoms with Crippen LogP contribution in [-0.2, 0) is 0 Å². The first-order valence-corrected chi connectivity index (χ1v) is 3.77. The highest BCUT2D eigenvalue weighted by Gasteiger charge is 2.05. The van der Waals surface area contributed by atoms with Gasteiger partial charge in [-0.2, -0.15) is 0 Å². The minimum absolute atomic E-state index is 0.0312. The molecule has 0 aromatic heterocycles. The van der Waals surface area contributed by atoms with Crippen molar-refractivity contribution in [1.29, 1.82) is 0 Å². The molecule has 0 saturated carbocycles. The fraction of sp³-hybridized carbons (Fsp3) is 0.125. The van der Waals surface area contributed by atoms with Crippen LogP contribution in [0.4, 0.5) is 0 Å². The molecule has 1 rings (SSSR count). The van der Waals surface area contributed by atoms with Crippen molar-refractivity contribution in [2.75, 3.05) is 0 Å². The van der Waals surface area contributed by atoms with E-state index in [0.29, 0.717) is 10.6 Å². The van der Waals surface area contributed by atoms with Crippen LogP contribution in [-0.4, -0.2) is 11.0 Å². The van der Waals surface area contributed by atoms with Crippen molar-refractivity contribution >= 4 is 17.4 Å².